The van der Waals surface area contributed by atoms with Crippen molar-refractivity contribution in [3.05, 3.63) is 23.7 Å². The highest BCUT2D eigenvalue weighted by molar-refractivity contribution is 5.75. The van der Waals surface area contributed by atoms with E-state index in [0.29, 0.717) is 5.76 Å². The molecule has 0 aliphatic carbocycles. The number of carbonyl (C=O) groups excluding carboxylic acids is 1. The van der Waals surface area contributed by atoms with E-state index < -0.39 is 12.1 Å². The SMILES string of the molecule is COC(=O)C(F)c1ccc(C)o1. The summed E-state index contributed by atoms with van der Waals surface area (Å²) in [5.41, 5.74) is 0. The first-order valence-electron chi connectivity index (χ1n) is 3.43. The minimum atomic E-state index is -1.82. The third-order valence-electron chi connectivity index (χ3n) is 1.42. The zero-order valence-corrected chi connectivity index (χ0v) is 6.83. The largest absolute Gasteiger partial charge is 0.467 e. The number of aryl methyl sites for hydroxylation is 1. The van der Waals surface area contributed by atoms with E-state index >= 15 is 0 Å². The van der Waals surface area contributed by atoms with Crippen molar-refractivity contribution in [2.75, 3.05) is 7.11 Å². The van der Waals surface area contributed by atoms with Crippen molar-refractivity contribution in [2.45, 2.75) is 13.1 Å². The zero-order chi connectivity index (χ0) is 9.14. The molecule has 0 N–H and O–H groups in total. The molecule has 1 aromatic heterocycles. The lowest BCUT2D eigenvalue weighted by molar-refractivity contribution is -0.147. The lowest BCUT2D eigenvalue weighted by Gasteiger charge is -2.01. The molecule has 0 aliphatic rings. The van der Waals surface area contributed by atoms with Crippen molar-refractivity contribution < 1.29 is 18.3 Å². The highest BCUT2D eigenvalue weighted by Crippen LogP contribution is 2.20. The molecule has 3 nitrogen and oxygen atoms in total. The minimum Gasteiger partial charge on any atom is -0.467 e. The first kappa shape index (κ1) is 8.77. The summed E-state index contributed by atoms with van der Waals surface area (Å²) in [6.45, 7) is 1.67. The van der Waals surface area contributed by atoms with Crippen LogP contribution in [-0.4, -0.2) is 13.1 Å². The van der Waals surface area contributed by atoms with Crippen LogP contribution in [0.1, 0.15) is 17.7 Å². The number of hydrogen-bond acceptors (Lipinski definition) is 3. The van der Waals surface area contributed by atoms with E-state index in [0.717, 1.165) is 7.11 Å². The summed E-state index contributed by atoms with van der Waals surface area (Å²) in [5.74, 6) is -0.389. The molecule has 4 heteroatoms. The average Bonchev–Trinajstić information content (AvgIpc) is 2.49. The molecule has 1 atom stereocenters. The molecule has 12 heavy (non-hydrogen) atoms. The number of hydrogen-bond donors (Lipinski definition) is 0. The van der Waals surface area contributed by atoms with Gasteiger partial charge in [-0.1, -0.05) is 0 Å². The molecule has 1 unspecified atom stereocenters. The molecule has 0 bridgehead atoms. The van der Waals surface area contributed by atoms with Gasteiger partial charge in [-0.25, -0.2) is 9.18 Å². The topological polar surface area (TPSA) is 39.4 Å². The quantitative estimate of drug-likeness (QED) is 0.638. The highest BCUT2D eigenvalue weighted by atomic mass is 19.1. The van der Waals surface area contributed by atoms with Gasteiger partial charge in [-0.15, -0.1) is 0 Å². The normalized spacial score (nSPS) is 12.6. The van der Waals surface area contributed by atoms with Crippen LogP contribution in [0.2, 0.25) is 0 Å². The van der Waals surface area contributed by atoms with Crippen molar-refractivity contribution in [2.24, 2.45) is 0 Å². The predicted molar refractivity (Wildman–Crippen MR) is 39.3 cm³/mol. The maximum atomic E-state index is 13.0. The Morgan fingerprint density at radius 3 is 2.75 bits per heavy atom. The van der Waals surface area contributed by atoms with Gasteiger partial charge in [-0.2, -0.15) is 0 Å². The molecule has 1 heterocycles. The van der Waals surface area contributed by atoms with Gasteiger partial charge in [0.2, 0.25) is 0 Å². The van der Waals surface area contributed by atoms with Crippen LogP contribution in [0.25, 0.3) is 0 Å². The lowest BCUT2D eigenvalue weighted by Crippen LogP contribution is -2.08. The van der Waals surface area contributed by atoms with Crippen molar-refractivity contribution >= 4 is 5.97 Å². The number of alkyl halides is 1. The third kappa shape index (κ3) is 1.64. The maximum absolute atomic E-state index is 13.0. The van der Waals surface area contributed by atoms with Crippen molar-refractivity contribution in [3.8, 4) is 0 Å². The Bertz CT molecular complexity index is 280. The van der Waals surface area contributed by atoms with Gasteiger partial charge in [0, 0.05) is 0 Å². The number of methoxy groups -OCH3 is 1. The van der Waals surface area contributed by atoms with Crippen molar-refractivity contribution in [1.29, 1.82) is 0 Å². The predicted octanol–water partition coefficient (Wildman–Crippen LogP) is 1.77. The van der Waals surface area contributed by atoms with Crippen LogP contribution in [0.4, 0.5) is 4.39 Å². The summed E-state index contributed by atoms with van der Waals surface area (Å²) in [7, 11) is 1.13. The first-order valence-corrected chi connectivity index (χ1v) is 3.43. The molecule has 1 rings (SSSR count). The van der Waals surface area contributed by atoms with E-state index in [-0.39, 0.29) is 5.76 Å². The Morgan fingerprint density at radius 2 is 2.33 bits per heavy atom. The van der Waals surface area contributed by atoms with E-state index in [1.165, 1.54) is 6.07 Å². The first-order chi connectivity index (χ1) is 5.65. The van der Waals surface area contributed by atoms with Gasteiger partial charge in [0.1, 0.15) is 11.5 Å². The van der Waals surface area contributed by atoms with Gasteiger partial charge in [0.05, 0.1) is 7.11 Å². The van der Waals surface area contributed by atoms with Gasteiger partial charge in [-0.05, 0) is 19.1 Å². The standard InChI is InChI=1S/C8H9FO3/c1-5-3-4-6(12-5)7(9)8(10)11-2/h3-4,7H,1-2H3. The molecule has 0 fully saturated rings. The summed E-state index contributed by atoms with van der Waals surface area (Å²) in [5, 5.41) is 0. The van der Waals surface area contributed by atoms with Gasteiger partial charge in [0.25, 0.3) is 6.17 Å². The second-order valence-corrected chi connectivity index (χ2v) is 2.33. The molecule has 1 aromatic rings. The van der Waals surface area contributed by atoms with E-state index in [2.05, 4.69) is 4.74 Å². The Kier molecular flexibility index (Phi) is 2.47. The Labute approximate surface area is 69.1 Å². The highest BCUT2D eigenvalue weighted by Gasteiger charge is 2.23. The van der Waals surface area contributed by atoms with E-state index in [4.69, 9.17) is 4.42 Å². The second kappa shape index (κ2) is 3.38. The van der Waals surface area contributed by atoms with Gasteiger partial charge in [-0.3, -0.25) is 0 Å². The minimum absolute atomic E-state index is 0.0145. The van der Waals surface area contributed by atoms with Gasteiger partial charge in [0.15, 0.2) is 0 Å². The van der Waals surface area contributed by atoms with Crippen molar-refractivity contribution in [1.82, 2.24) is 0 Å². The Balaban J connectivity index is 2.77. The summed E-state index contributed by atoms with van der Waals surface area (Å²) in [6.07, 6.45) is -1.82. The third-order valence-corrected chi connectivity index (χ3v) is 1.42. The monoisotopic (exact) mass is 172 g/mol. The number of rotatable bonds is 2. The fourth-order valence-corrected chi connectivity index (χ4v) is 0.809. The zero-order valence-electron chi connectivity index (χ0n) is 6.83. The number of esters is 1. The average molecular weight is 172 g/mol. The summed E-state index contributed by atoms with van der Waals surface area (Å²) < 4.78 is 22.1. The molecular formula is C8H9FO3. The molecule has 0 radical (unpaired) electrons. The van der Waals surface area contributed by atoms with Crippen LogP contribution in [0.3, 0.4) is 0 Å². The molecule has 0 aliphatic heterocycles. The van der Waals surface area contributed by atoms with Crippen molar-refractivity contribution in [3.63, 3.8) is 0 Å². The van der Waals surface area contributed by atoms with Gasteiger partial charge < -0.3 is 9.15 Å². The van der Waals surface area contributed by atoms with Crippen LogP contribution in [0.15, 0.2) is 16.5 Å². The number of carbonyl (C=O) groups is 1. The summed E-state index contributed by atoms with van der Waals surface area (Å²) in [6, 6.07) is 3.00. The summed E-state index contributed by atoms with van der Waals surface area (Å²) >= 11 is 0. The maximum Gasteiger partial charge on any atom is 0.348 e. The summed E-state index contributed by atoms with van der Waals surface area (Å²) in [4.78, 5) is 10.7. The smallest absolute Gasteiger partial charge is 0.348 e. The fourth-order valence-electron chi connectivity index (χ4n) is 0.809. The lowest BCUT2D eigenvalue weighted by atomic mass is 10.3. The van der Waals surface area contributed by atoms with E-state index in [9.17, 15) is 9.18 Å². The second-order valence-electron chi connectivity index (χ2n) is 2.33. The van der Waals surface area contributed by atoms with E-state index in [1.807, 2.05) is 0 Å². The molecular weight excluding hydrogens is 163 g/mol. The molecule has 0 saturated heterocycles. The number of halogens is 1. The van der Waals surface area contributed by atoms with Crippen LogP contribution >= 0.6 is 0 Å². The Morgan fingerprint density at radius 1 is 1.67 bits per heavy atom. The van der Waals surface area contributed by atoms with Crippen LogP contribution in [0, 0.1) is 6.92 Å². The van der Waals surface area contributed by atoms with Crippen LogP contribution < -0.4 is 0 Å². The molecule has 0 amide bonds. The number of furan rings is 1. The Hall–Kier alpha value is -1.32. The van der Waals surface area contributed by atoms with Gasteiger partial charge >= 0.3 is 5.97 Å². The number of ether oxygens (including phenoxy) is 1. The van der Waals surface area contributed by atoms with E-state index in [1.54, 1.807) is 13.0 Å². The molecule has 0 saturated carbocycles. The fraction of sp³-hybridized carbons (Fsp3) is 0.375. The molecule has 66 valence electrons. The molecule has 0 spiro atoms. The van der Waals surface area contributed by atoms with Crippen LogP contribution in [0.5, 0.6) is 0 Å². The van der Waals surface area contributed by atoms with Crippen LogP contribution in [-0.2, 0) is 9.53 Å². The molecule has 0 aromatic carbocycles.